The van der Waals surface area contributed by atoms with Crippen LogP contribution < -0.4 is 15.5 Å². The summed E-state index contributed by atoms with van der Waals surface area (Å²) in [5.74, 6) is -0.870. The van der Waals surface area contributed by atoms with E-state index in [9.17, 15) is 4.79 Å². The van der Waals surface area contributed by atoms with Gasteiger partial charge in [-0.2, -0.15) is 5.10 Å². The van der Waals surface area contributed by atoms with Gasteiger partial charge in [0.05, 0.1) is 15.7 Å². The second-order valence-corrected chi connectivity index (χ2v) is 5.84. The van der Waals surface area contributed by atoms with Crippen LogP contribution in [0, 0.1) is 5.92 Å². The Morgan fingerprint density at radius 3 is 2.54 bits per heavy atom. The van der Waals surface area contributed by atoms with Crippen molar-refractivity contribution >= 4 is 40.7 Å². The molecule has 0 saturated heterocycles. The van der Waals surface area contributed by atoms with E-state index < -0.39 is 11.9 Å². The lowest BCUT2D eigenvalue weighted by Gasteiger charge is -2.22. The number of para-hydroxylation sites is 1. The largest absolute Gasteiger partial charge is 0.426 e. The number of hydrogen-bond donors (Lipinski definition) is 1. The molecule has 5 nitrogen and oxygen atoms in total. The van der Waals surface area contributed by atoms with Gasteiger partial charge >= 0.3 is 5.97 Å². The molecule has 2 N–H and O–H groups in total. The number of hydrazone groups is 1. The zero-order valence-corrected chi connectivity index (χ0v) is 13.9. The fourth-order valence-electron chi connectivity index (χ4n) is 2.13. The molecule has 0 fully saturated rings. The summed E-state index contributed by atoms with van der Waals surface area (Å²) in [5.41, 5.74) is 6.77. The fraction of sp³-hybridized carbons (Fsp3) is 0.0588. The van der Waals surface area contributed by atoms with E-state index in [1.165, 1.54) is 6.07 Å². The maximum Gasteiger partial charge on any atom is 0.326 e. The molecule has 1 unspecified atom stereocenters. The standard InChI is InChI=1S/C17H13Cl2N3O2/c18-14-7-6-12(10-15(14)19)24-17(23)13-8-9-22(21-16(13)20)11-4-2-1-3-5-11/h1-10,13H,(H2,20,21). The number of carbonyl (C=O) groups is 1. The van der Waals surface area contributed by atoms with Gasteiger partial charge < -0.3 is 10.5 Å². The highest BCUT2D eigenvalue weighted by molar-refractivity contribution is 6.42. The van der Waals surface area contributed by atoms with Crippen molar-refractivity contribution in [3.63, 3.8) is 0 Å². The van der Waals surface area contributed by atoms with Crippen molar-refractivity contribution in [3.05, 3.63) is 70.9 Å². The van der Waals surface area contributed by atoms with Gasteiger partial charge in [-0.15, -0.1) is 0 Å². The topological polar surface area (TPSA) is 67.9 Å². The molecule has 7 heteroatoms. The molecule has 1 atom stereocenters. The second kappa shape index (κ2) is 6.95. The van der Waals surface area contributed by atoms with Crippen LogP contribution in [0.15, 0.2) is 65.9 Å². The molecule has 122 valence electrons. The van der Waals surface area contributed by atoms with Crippen molar-refractivity contribution in [3.8, 4) is 5.75 Å². The van der Waals surface area contributed by atoms with Crippen molar-refractivity contribution < 1.29 is 9.53 Å². The number of anilines is 1. The number of ether oxygens (including phenoxy) is 1. The monoisotopic (exact) mass is 361 g/mol. The molecule has 3 rings (SSSR count). The van der Waals surface area contributed by atoms with E-state index in [2.05, 4.69) is 5.10 Å². The quantitative estimate of drug-likeness (QED) is 0.666. The molecule has 0 bridgehead atoms. The molecule has 0 radical (unpaired) electrons. The van der Waals surface area contributed by atoms with Crippen LogP contribution in [0.5, 0.6) is 5.75 Å². The normalized spacial score (nSPS) is 16.7. The van der Waals surface area contributed by atoms with E-state index in [0.717, 1.165) is 5.69 Å². The Morgan fingerprint density at radius 1 is 1.12 bits per heavy atom. The molecular formula is C17H13Cl2N3O2. The van der Waals surface area contributed by atoms with Crippen molar-refractivity contribution in [2.24, 2.45) is 16.8 Å². The highest BCUT2D eigenvalue weighted by Crippen LogP contribution is 2.27. The Labute approximate surface area is 148 Å². The van der Waals surface area contributed by atoms with E-state index in [1.54, 1.807) is 29.4 Å². The molecule has 24 heavy (non-hydrogen) atoms. The summed E-state index contributed by atoms with van der Waals surface area (Å²) in [5, 5.41) is 6.50. The van der Waals surface area contributed by atoms with Crippen molar-refractivity contribution in [1.29, 1.82) is 0 Å². The summed E-state index contributed by atoms with van der Waals surface area (Å²) >= 11 is 11.7. The molecule has 2 aromatic carbocycles. The summed E-state index contributed by atoms with van der Waals surface area (Å²) in [6.07, 6.45) is 3.31. The first-order valence-corrected chi connectivity index (χ1v) is 7.83. The predicted octanol–water partition coefficient (Wildman–Crippen LogP) is 3.82. The average Bonchev–Trinajstić information content (AvgIpc) is 2.59. The lowest BCUT2D eigenvalue weighted by molar-refractivity contribution is -0.135. The molecule has 0 spiro atoms. The highest BCUT2D eigenvalue weighted by atomic mass is 35.5. The van der Waals surface area contributed by atoms with Crippen LogP contribution in [0.3, 0.4) is 0 Å². The van der Waals surface area contributed by atoms with E-state index in [-0.39, 0.29) is 5.84 Å². The summed E-state index contributed by atoms with van der Waals surface area (Å²) < 4.78 is 5.29. The number of hydrogen-bond acceptors (Lipinski definition) is 5. The number of nitrogens with zero attached hydrogens (tertiary/aromatic N) is 2. The van der Waals surface area contributed by atoms with Crippen LogP contribution >= 0.6 is 23.2 Å². The Bertz CT molecular complexity index is 822. The minimum absolute atomic E-state index is 0.145. The maximum atomic E-state index is 12.3. The van der Waals surface area contributed by atoms with Gasteiger partial charge in [-0.25, -0.2) is 5.01 Å². The predicted molar refractivity (Wildman–Crippen MR) is 95.3 cm³/mol. The number of halogens is 2. The molecule has 0 saturated carbocycles. The number of nitrogens with two attached hydrogens (primary N) is 1. The van der Waals surface area contributed by atoms with E-state index in [1.807, 2.05) is 30.3 Å². The molecule has 0 amide bonds. The van der Waals surface area contributed by atoms with Gasteiger partial charge in [-0.3, -0.25) is 4.79 Å². The van der Waals surface area contributed by atoms with Crippen LogP contribution in [-0.4, -0.2) is 11.8 Å². The van der Waals surface area contributed by atoms with Crippen LogP contribution in [0.2, 0.25) is 10.0 Å². The maximum absolute atomic E-state index is 12.3. The molecule has 1 aliphatic rings. The summed E-state index contributed by atoms with van der Waals surface area (Å²) in [7, 11) is 0. The van der Waals surface area contributed by atoms with Crippen LogP contribution in [0.1, 0.15) is 0 Å². The van der Waals surface area contributed by atoms with Gasteiger partial charge in [0.25, 0.3) is 0 Å². The molecule has 0 aliphatic carbocycles. The van der Waals surface area contributed by atoms with E-state index in [0.29, 0.717) is 15.8 Å². The first-order valence-electron chi connectivity index (χ1n) is 7.08. The number of carbonyl (C=O) groups excluding carboxylic acids is 1. The minimum atomic E-state index is -0.764. The average molecular weight is 362 g/mol. The van der Waals surface area contributed by atoms with Crippen molar-refractivity contribution in [2.45, 2.75) is 0 Å². The van der Waals surface area contributed by atoms with Crippen LogP contribution in [0.4, 0.5) is 5.69 Å². The van der Waals surface area contributed by atoms with Gasteiger partial charge in [0.2, 0.25) is 0 Å². The van der Waals surface area contributed by atoms with Crippen LogP contribution in [-0.2, 0) is 4.79 Å². The number of benzene rings is 2. The van der Waals surface area contributed by atoms with Crippen LogP contribution in [0.25, 0.3) is 0 Å². The zero-order valence-electron chi connectivity index (χ0n) is 12.4. The molecule has 0 aromatic heterocycles. The third-order valence-electron chi connectivity index (χ3n) is 3.35. The van der Waals surface area contributed by atoms with Gasteiger partial charge in [-0.05, 0) is 30.3 Å². The third-order valence-corrected chi connectivity index (χ3v) is 4.08. The molecule has 1 aliphatic heterocycles. The Kier molecular flexibility index (Phi) is 4.74. The summed E-state index contributed by atoms with van der Waals surface area (Å²) in [4.78, 5) is 12.3. The van der Waals surface area contributed by atoms with E-state index >= 15 is 0 Å². The smallest absolute Gasteiger partial charge is 0.326 e. The Morgan fingerprint density at radius 2 is 1.88 bits per heavy atom. The first kappa shape index (κ1) is 16.4. The highest BCUT2D eigenvalue weighted by Gasteiger charge is 2.26. The Balaban J connectivity index is 1.73. The molecule has 1 heterocycles. The zero-order chi connectivity index (χ0) is 17.1. The second-order valence-electron chi connectivity index (χ2n) is 5.02. The lowest BCUT2D eigenvalue weighted by Crippen LogP contribution is -2.36. The number of rotatable bonds is 3. The third kappa shape index (κ3) is 3.53. The van der Waals surface area contributed by atoms with Crippen molar-refractivity contribution in [2.75, 3.05) is 5.01 Å². The van der Waals surface area contributed by atoms with Gasteiger partial charge in [0, 0.05) is 12.3 Å². The number of amidine groups is 1. The van der Waals surface area contributed by atoms with Gasteiger partial charge in [0.1, 0.15) is 17.5 Å². The first-order chi connectivity index (χ1) is 11.5. The Hall–Kier alpha value is -2.50. The summed E-state index contributed by atoms with van der Waals surface area (Å²) in [6, 6.07) is 14.0. The fourth-order valence-corrected chi connectivity index (χ4v) is 2.42. The molecule has 2 aromatic rings. The molecular weight excluding hydrogens is 349 g/mol. The van der Waals surface area contributed by atoms with Gasteiger partial charge in [0.15, 0.2) is 0 Å². The van der Waals surface area contributed by atoms with Gasteiger partial charge in [-0.1, -0.05) is 41.4 Å². The minimum Gasteiger partial charge on any atom is -0.426 e. The van der Waals surface area contributed by atoms with Crippen molar-refractivity contribution in [1.82, 2.24) is 0 Å². The number of esters is 1. The van der Waals surface area contributed by atoms with E-state index in [4.69, 9.17) is 33.7 Å². The summed E-state index contributed by atoms with van der Waals surface area (Å²) in [6.45, 7) is 0. The SMILES string of the molecule is NC1=NN(c2ccccc2)C=CC1C(=O)Oc1ccc(Cl)c(Cl)c1. The lowest BCUT2D eigenvalue weighted by atomic mass is 10.1.